The molecule has 0 bridgehead atoms. The normalized spacial score (nSPS) is 11.0. The van der Waals surface area contributed by atoms with Gasteiger partial charge in [-0.3, -0.25) is 9.36 Å². The number of hydrogen-bond acceptors (Lipinski definition) is 5. The van der Waals surface area contributed by atoms with Gasteiger partial charge in [0.25, 0.3) is 0 Å². The molecule has 1 amide bonds. The van der Waals surface area contributed by atoms with Crippen LogP contribution in [0.2, 0.25) is 0 Å². The molecule has 3 aromatic rings. The largest absolute Gasteiger partial charge is 0.463 e. The zero-order valence-electron chi connectivity index (χ0n) is 15.4. The molecule has 0 fully saturated rings. The number of amides is 1. The fourth-order valence-corrected chi connectivity index (χ4v) is 2.69. The molecular weight excluding hydrogens is 360 g/mol. The summed E-state index contributed by atoms with van der Waals surface area (Å²) in [7, 11) is 0. The van der Waals surface area contributed by atoms with E-state index < -0.39 is 11.7 Å². The van der Waals surface area contributed by atoms with Crippen molar-refractivity contribution in [3.63, 3.8) is 0 Å². The van der Waals surface area contributed by atoms with Gasteiger partial charge in [0.2, 0.25) is 5.91 Å². The van der Waals surface area contributed by atoms with Crippen LogP contribution in [0, 0.1) is 0 Å². The zero-order valence-corrected chi connectivity index (χ0v) is 15.4. The molecule has 7 heteroatoms. The number of carbonyl (C=O) groups is 2. The molecule has 0 saturated heterocycles. The second-order valence-corrected chi connectivity index (χ2v) is 5.99. The van der Waals surface area contributed by atoms with Crippen LogP contribution in [-0.4, -0.2) is 23.1 Å². The number of nitrogens with zero attached hydrogens (tertiary/aromatic N) is 1. The highest BCUT2D eigenvalue weighted by Gasteiger charge is 2.10. The minimum atomic E-state index is -0.480. The van der Waals surface area contributed by atoms with Crippen LogP contribution >= 0.6 is 0 Å². The molecule has 0 aliphatic rings. The average Bonchev–Trinajstić information content (AvgIpc) is 3.01. The monoisotopic (exact) mass is 380 g/mol. The van der Waals surface area contributed by atoms with Gasteiger partial charge in [-0.25, -0.2) is 9.59 Å². The molecule has 3 rings (SSSR count). The van der Waals surface area contributed by atoms with Crippen LogP contribution in [0.5, 0.6) is 0 Å². The van der Waals surface area contributed by atoms with E-state index in [1.54, 1.807) is 55.5 Å². The predicted molar refractivity (Wildman–Crippen MR) is 106 cm³/mol. The van der Waals surface area contributed by atoms with E-state index in [-0.39, 0.29) is 18.9 Å². The molecule has 0 saturated carbocycles. The van der Waals surface area contributed by atoms with Crippen molar-refractivity contribution >= 4 is 34.7 Å². The van der Waals surface area contributed by atoms with Crippen molar-refractivity contribution in [3.05, 3.63) is 70.7 Å². The summed E-state index contributed by atoms with van der Waals surface area (Å²) in [6.45, 7) is 2.30. The van der Waals surface area contributed by atoms with Crippen LogP contribution in [0.15, 0.2) is 63.8 Å². The molecule has 1 heterocycles. The van der Waals surface area contributed by atoms with E-state index in [4.69, 9.17) is 9.15 Å². The van der Waals surface area contributed by atoms with Gasteiger partial charge in [-0.15, -0.1) is 0 Å². The van der Waals surface area contributed by atoms with Crippen molar-refractivity contribution in [1.29, 1.82) is 0 Å². The van der Waals surface area contributed by atoms with Gasteiger partial charge < -0.3 is 14.5 Å². The molecule has 144 valence electrons. The number of aryl methyl sites for hydroxylation is 1. The van der Waals surface area contributed by atoms with Gasteiger partial charge in [0, 0.05) is 24.7 Å². The van der Waals surface area contributed by atoms with E-state index in [9.17, 15) is 14.4 Å². The number of fused-ring (bicyclic) bond motifs is 1. The summed E-state index contributed by atoms with van der Waals surface area (Å²) in [5, 5.41) is 2.78. The number of oxazole rings is 1. The summed E-state index contributed by atoms with van der Waals surface area (Å²) in [5.41, 5.74) is 2.60. The Kier molecular flexibility index (Phi) is 6.06. The highest BCUT2D eigenvalue weighted by molar-refractivity contribution is 5.91. The van der Waals surface area contributed by atoms with Crippen LogP contribution in [0.4, 0.5) is 5.69 Å². The third-order valence-corrected chi connectivity index (χ3v) is 4.03. The van der Waals surface area contributed by atoms with Crippen molar-refractivity contribution in [2.45, 2.75) is 19.9 Å². The molecule has 0 radical (unpaired) electrons. The Morgan fingerprint density at radius 3 is 2.64 bits per heavy atom. The Morgan fingerprint density at radius 1 is 1.14 bits per heavy atom. The SMILES string of the molecule is CCOC(=O)/C=C/c1ccc(NC(=O)CCn2c(=O)oc3ccccc32)cc1. The molecule has 28 heavy (non-hydrogen) atoms. The van der Waals surface area contributed by atoms with Crippen molar-refractivity contribution in [2.75, 3.05) is 11.9 Å². The Hall–Kier alpha value is -3.61. The first kappa shape index (κ1) is 19.2. The smallest absolute Gasteiger partial charge is 0.419 e. The van der Waals surface area contributed by atoms with Gasteiger partial charge in [-0.05, 0) is 42.8 Å². The number of ether oxygens (including phenoxy) is 1. The van der Waals surface area contributed by atoms with Crippen LogP contribution in [0.3, 0.4) is 0 Å². The maximum absolute atomic E-state index is 12.2. The number of benzene rings is 2. The fraction of sp³-hybridized carbons (Fsp3) is 0.190. The summed E-state index contributed by atoms with van der Waals surface area (Å²) in [5.74, 6) is -1.10. The molecule has 0 aliphatic heterocycles. The summed E-state index contributed by atoms with van der Waals surface area (Å²) >= 11 is 0. The van der Waals surface area contributed by atoms with E-state index in [0.717, 1.165) is 5.56 Å². The second kappa shape index (κ2) is 8.85. The second-order valence-electron chi connectivity index (χ2n) is 5.99. The topological polar surface area (TPSA) is 90.5 Å². The maximum Gasteiger partial charge on any atom is 0.419 e. The van der Waals surface area contributed by atoms with Gasteiger partial charge in [0.15, 0.2) is 5.58 Å². The molecule has 0 aliphatic carbocycles. The molecule has 0 unspecified atom stereocenters. The Bertz CT molecular complexity index is 1060. The molecule has 0 spiro atoms. The van der Waals surface area contributed by atoms with Crippen LogP contribution in [0.25, 0.3) is 17.2 Å². The lowest BCUT2D eigenvalue weighted by molar-refractivity contribution is -0.137. The third-order valence-electron chi connectivity index (χ3n) is 4.03. The van der Waals surface area contributed by atoms with Crippen molar-refractivity contribution in [3.8, 4) is 0 Å². The van der Waals surface area contributed by atoms with Crippen molar-refractivity contribution < 1.29 is 18.7 Å². The number of anilines is 1. The highest BCUT2D eigenvalue weighted by Crippen LogP contribution is 2.14. The summed E-state index contributed by atoms with van der Waals surface area (Å²) in [4.78, 5) is 35.4. The van der Waals surface area contributed by atoms with E-state index in [1.165, 1.54) is 10.6 Å². The van der Waals surface area contributed by atoms with Gasteiger partial charge in [0.05, 0.1) is 12.1 Å². The number of rotatable bonds is 7. The molecule has 1 N–H and O–H groups in total. The first-order chi connectivity index (χ1) is 13.6. The molecule has 2 aromatic carbocycles. The number of aromatic nitrogens is 1. The number of esters is 1. The van der Waals surface area contributed by atoms with E-state index in [1.807, 2.05) is 6.07 Å². The predicted octanol–water partition coefficient (Wildman–Crippen LogP) is 3.20. The minimum absolute atomic E-state index is 0.133. The third kappa shape index (κ3) is 4.76. The summed E-state index contributed by atoms with van der Waals surface area (Å²) in [6, 6.07) is 14.1. The van der Waals surface area contributed by atoms with E-state index in [0.29, 0.717) is 23.4 Å². The maximum atomic E-state index is 12.2. The lowest BCUT2D eigenvalue weighted by atomic mass is 10.2. The van der Waals surface area contributed by atoms with Gasteiger partial charge in [0.1, 0.15) is 0 Å². The van der Waals surface area contributed by atoms with Gasteiger partial charge in [-0.1, -0.05) is 24.3 Å². The lowest BCUT2D eigenvalue weighted by Gasteiger charge is -2.06. The Labute approximate surface area is 161 Å². The molecule has 7 nitrogen and oxygen atoms in total. The van der Waals surface area contributed by atoms with Crippen LogP contribution in [-0.2, 0) is 20.9 Å². The average molecular weight is 380 g/mol. The number of carbonyl (C=O) groups excluding carboxylic acids is 2. The molecule has 0 atom stereocenters. The molecular formula is C21H20N2O5. The quantitative estimate of drug-likeness (QED) is 0.502. The summed E-state index contributed by atoms with van der Waals surface area (Å²) < 4.78 is 11.4. The standard InChI is InChI=1S/C21H20N2O5/c1-2-27-20(25)12-9-15-7-10-16(11-8-15)22-19(24)13-14-23-17-5-3-4-6-18(17)28-21(23)26/h3-12H,2,13-14H2,1H3,(H,22,24)/b12-9+. The Morgan fingerprint density at radius 2 is 1.89 bits per heavy atom. The summed E-state index contributed by atoms with van der Waals surface area (Å²) in [6.07, 6.45) is 3.12. The Balaban J connectivity index is 1.57. The van der Waals surface area contributed by atoms with Crippen LogP contribution < -0.4 is 11.1 Å². The first-order valence-electron chi connectivity index (χ1n) is 8.90. The minimum Gasteiger partial charge on any atom is -0.463 e. The number of para-hydroxylation sites is 2. The lowest BCUT2D eigenvalue weighted by Crippen LogP contribution is -2.19. The number of nitrogens with one attached hydrogen (secondary N) is 1. The zero-order chi connectivity index (χ0) is 19.9. The highest BCUT2D eigenvalue weighted by atomic mass is 16.5. The molecule has 1 aromatic heterocycles. The number of hydrogen-bond donors (Lipinski definition) is 1. The first-order valence-corrected chi connectivity index (χ1v) is 8.90. The van der Waals surface area contributed by atoms with E-state index in [2.05, 4.69) is 5.32 Å². The van der Waals surface area contributed by atoms with Crippen molar-refractivity contribution in [2.24, 2.45) is 0 Å². The van der Waals surface area contributed by atoms with Gasteiger partial charge >= 0.3 is 11.7 Å². The van der Waals surface area contributed by atoms with Gasteiger partial charge in [-0.2, -0.15) is 0 Å². The van der Waals surface area contributed by atoms with E-state index >= 15 is 0 Å². The van der Waals surface area contributed by atoms with Crippen LogP contribution in [0.1, 0.15) is 18.9 Å². The fourth-order valence-electron chi connectivity index (χ4n) is 2.69. The van der Waals surface area contributed by atoms with Crippen molar-refractivity contribution in [1.82, 2.24) is 4.57 Å².